The zero-order valence-electron chi connectivity index (χ0n) is 20.2. The predicted octanol–water partition coefficient (Wildman–Crippen LogP) is 4.48. The van der Waals surface area contributed by atoms with Crippen LogP contribution in [0.25, 0.3) is 0 Å². The van der Waals surface area contributed by atoms with Crippen LogP contribution in [-0.2, 0) is 11.2 Å². The van der Waals surface area contributed by atoms with Gasteiger partial charge in [0.15, 0.2) is 0 Å². The van der Waals surface area contributed by atoms with E-state index in [2.05, 4.69) is 16.8 Å². The van der Waals surface area contributed by atoms with Crippen LogP contribution in [0.15, 0.2) is 35.7 Å². The lowest BCUT2D eigenvalue weighted by molar-refractivity contribution is -0.136. The number of nitrogens with zero attached hydrogens (tertiary/aromatic N) is 2. The normalized spacial score (nSPS) is 16.2. The van der Waals surface area contributed by atoms with E-state index in [1.807, 2.05) is 56.9 Å². The van der Waals surface area contributed by atoms with Gasteiger partial charge in [0, 0.05) is 29.6 Å². The number of fused-ring (bicyclic) bond motifs is 1. The molecule has 1 N–H and O–H groups in total. The zero-order chi connectivity index (χ0) is 24.0. The van der Waals surface area contributed by atoms with E-state index in [4.69, 9.17) is 9.47 Å². The molecule has 1 aromatic heterocycles. The van der Waals surface area contributed by atoms with Crippen LogP contribution in [0.1, 0.15) is 50.6 Å². The largest absolute Gasteiger partial charge is 0.497 e. The van der Waals surface area contributed by atoms with Crippen LogP contribution in [0.5, 0.6) is 11.5 Å². The minimum Gasteiger partial charge on any atom is -0.497 e. The van der Waals surface area contributed by atoms with E-state index < -0.39 is 0 Å². The molecule has 0 bridgehead atoms. The summed E-state index contributed by atoms with van der Waals surface area (Å²) in [5.41, 5.74) is 1.13. The third-order valence-electron chi connectivity index (χ3n) is 5.97. The Morgan fingerprint density at radius 1 is 1.24 bits per heavy atom. The lowest BCUT2D eigenvalue weighted by atomic mass is 10.00. The number of amides is 3. The average Bonchev–Trinajstić information content (AvgIpc) is 3.29. The van der Waals surface area contributed by atoms with Crippen LogP contribution < -0.4 is 14.8 Å². The van der Waals surface area contributed by atoms with Crippen LogP contribution in [0.2, 0.25) is 0 Å². The molecule has 3 rings (SSSR count). The van der Waals surface area contributed by atoms with Gasteiger partial charge < -0.3 is 24.6 Å². The first-order valence-electron chi connectivity index (χ1n) is 11.5. The second kappa shape index (κ2) is 11.4. The van der Waals surface area contributed by atoms with Gasteiger partial charge in [0.2, 0.25) is 5.91 Å². The monoisotopic (exact) mass is 473 g/mol. The summed E-state index contributed by atoms with van der Waals surface area (Å²) in [4.78, 5) is 31.1. The van der Waals surface area contributed by atoms with Gasteiger partial charge in [0.1, 0.15) is 24.7 Å². The van der Waals surface area contributed by atoms with E-state index in [1.54, 1.807) is 23.3 Å². The molecule has 0 fully saturated rings. The topological polar surface area (TPSA) is 71.1 Å². The fraction of sp³-hybridized carbons (Fsp3) is 0.520. The lowest BCUT2D eigenvalue weighted by Gasteiger charge is -2.38. The van der Waals surface area contributed by atoms with Crippen molar-refractivity contribution < 1.29 is 19.1 Å². The van der Waals surface area contributed by atoms with Crippen molar-refractivity contribution in [1.82, 2.24) is 15.1 Å². The Hall–Kier alpha value is -2.74. The Kier molecular flexibility index (Phi) is 8.61. The molecular weight excluding hydrogens is 438 g/mol. The molecule has 1 aliphatic rings. The maximum absolute atomic E-state index is 13.5. The molecule has 0 spiro atoms. The van der Waals surface area contributed by atoms with E-state index in [1.165, 1.54) is 4.88 Å². The number of carbonyl (C=O) groups excluding carboxylic acids is 2. The van der Waals surface area contributed by atoms with E-state index in [0.29, 0.717) is 18.9 Å². The fourth-order valence-electron chi connectivity index (χ4n) is 3.96. The van der Waals surface area contributed by atoms with E-state index in [-0.39, 0.29) is 36.6 Å². The number of urea groups is 1. The molecule has 0 saturated heterocycles. The van der Waals surface area contributed by atoms with Crippen LogP contribution in [-0.4, -0.2) is 60.6 Å². The number of rotatable bonds is 9. The molecule has 1 aromatic carbocycles. The number of ether oxygens (including phenoxy) is 2. The smallest absolute Gasteiger partial charge is 0.318 e. The highest BCUT2D eigenvalue weighted by atomic mass is 32.1. The third kappa shape index (κ3) is 6.19. The van der Waals surface area contributed by atoms with Gasteiger partial charge >= 0.3 is 6.03 Å². The first kappa shape index (κ1) is 24.9. The van der Waals surface area contributed by atoms with Crippen molar-refractivity contribution in [2.75, 3.05) is 26.8 Å². The summed E-state index contributed by atoms with van der Waals surface area (Å²) in [5, 5.41) is 5.00. The summed E-state index contributed by atoms with van der Waals surface area (Å²) in [5.74, 6) is 1.35. The second-order valence-corrected chi connectivity index (χ2v) is 9.63. The van der Waals surface area contributed by atoms with Crippen molar-refractivity contribution in [3.05, 3.63) is 46.2 Å². The van der Waals surface area contributed by atoms with Crippen LogP contribution in [0.3, 0.4) is 0 Å². The van der Waals surface area contributed by atoms with Crippen LogP contribution in [0, 0.1) is 0 Å². The highest BCUT2D eigenvalue weighted by Crippen LogP contribution is 2.34. The van der Waals surface area contributed by atoms with Crippen molar-refractivity contribution in [2.24, 2.45) is 0 Å². The van der Waals surface area contributed by atoms with Crippen molar-refractivity contribution in [3.63, 3.8) is 0 Å². The number of methoxy groups -OCH3 is 1. The Labute approximate surface area is 200 Å². The molecule has 2 heterocycles. The van der Waals surface area contributed by atoms with E-state index in [0.717, 1.165) is 24.2 Å². The second-order valence-electron chi connectivity index (χ2n) is 8.63. The fourth-order valence-corrected chi connectivity index (χ4v) is 4.88. The maximum Gasteiger partial charge on any atom is 0.318 e. The van der Waals surface area contributed by atoms with Crippen molar-refractivity contribution in [1.29, 1.82) is 0 Å². The molecule has 2 aromatic rings. The summed E-state index contributed by atoms with van der Waals surface area (Å²) < 4.78 is 11.4. The number of thiophene rings is 1. The van der Waals surface area contributed by atoms with Crippen molar-refractivity contribution in [3.8, 4) is 11.5 Å². The Balaban J connectivity index is 1.78. The Bertz CT molecular complexity index is 945. The summed E-state index contributed by atoms with van der Waals surface area (Å²) >= 11 is 1.72. The van der Waals surface area contributed by atoms with Crippen molar-refractivity contribution in [2.45, 2.75) is 58.7 Å². The molecule has 2 atom stereocenters. The maximum atomic E-state index is 13.5. The number of hydrogen-bond donors (Lipinski definition) is 1. The van der Waals surface area contributed by atoms with Gasteiger partial charge in [-0.25, -0.2) is 4.79 Å². The van der Waals surface area contributed by atoms with Gasteiger partial charge in [-0.1, -0.05) is 13.0 Å². The Morgan fingerprint density at radius 2 is 2.00 bits per heavy atom. The summed E-state index contributed by atoms with van der Waals surface area (Å²) in [6, 6.07) is 9.11. The van der Waals surface area contributed by atoms with Crippen molar-refractivity contribution >= 4 is 23.3 Å². The molecular formula is C25H35N3O4S. The molecule has 0 radical (unpaired) electrons. The number of benzene rings is 1. The molecule has 180 valence electrons. The molecule has 7 nitrogen and oxygen atoms in total. The molecule has 3 amide bonds. The Morgan fingerprint density at radius 3 is 2.70 bits per heavy atom. The minimum absolute atomic E-state index is 0.00604. The minimum atomic E-state index is -0.204. The van der Waals surface area contributed by atoms with E-state index >= 15 is 0 Å². The molecule has 0 aliphatic carbocycles. The van der Waals surface area contributed by atoms with Gasteiger partial charge in [-0.05, 0) is 62.8 Å². The first-order chi connectivity index (χ1) is 15.8. The average molecular weight is 474 g/mol. The lowest BCUT2D eigenvalue weighted by Crippen LogP contribution is -2.53. The molecule has 0 unspecified atom stereocenters. The first-order valence-corrected chi connectivity index (χ1v) is 12.4. The quantitative estimate of drug-likeness (QED) is 0.583. The highest BCUT2D eigenvalue weighted by Gasteiger charge is 2.34. The van der Waals surface area contributed by atoms with Crippen LogP contribution in [0.4, 0.5) is 4.79 Å². The third-order valence-corrected chi connectivity index (χ3v) is 6.96. The van der Waals surface area contributed by atoms with E-state index in [9.17, 15) is 9.59 Å². The summed E-state index contributed by atoms with van der Waals surface area (Å²) in [7, 11) is 1.62. The van der Waals surface area contributed by atoms with Gasteiger partial charge in [-0.15, -0.1) is 11.3 Å². The van der Waals surface area contributed by atoms with Crippen LogP contribution >= 0.6 is 11.3 Å². The number of nitrogens with one attached hydrogen (secondary N) is 1. The SMILES string of the molecule is CC[C@H](C)N(CC(=O)N1CCc2sccc2[C@@H]1COc1cccc(OC)c1)C(=O)NC(C)C. The standard InChI is InChI=1S/C25H35N3O4S/c1-6-18(4)28(25(30)26-17(2)3)15-24(29)27-12-10-23-21(11-13-33-23)22(27)16-32-20-9-7-8-19(14-20)31-5/h7-9,11,13-14,17-18,22H,6,10,12,15-16H2,1-5H3,(H,26,30)/t18-,22-/m0/s1. The highest BCUT2D eigenvalue weighted by molar-refractivity contribution is 7.10. The molecule has 0 saturated carbocycles. The molecule has 33 heavy (non-hydrogen) atoms. The molecule has 1 aliphatic heterocycles. The predicted molar refractivity (Wildman–Crippen MR) is 131 cm³/mol. The number of hydrogen-bond acceptors (Lipinski definition) is 5. The van der Waals surface area contributed by atoms with Gasteiger partial charge in [0.05, 0.1) is 13.2 Å². The summed E-state index contributed by atoms with van der Waals surface area (Å²) in [6.07, 6.45) is 1.59. The van der Waals surface area contributed by atoms with Gasteiger partial charge in [-0.3, -0.25) is 4.79 Å². The summed E-state index contributed by atoms with van der Waals surface area (Å²) in [6.45, 7) is 8.83. The van der Waals surface area contributed by atoms with Gasteiger partial charge in [0.25, 0.3) is 0 Å². The molecule has 8 heteroatoms. The number of carbonyl (C=O) groups is 2. The zero-order valence-corrected chi connectivity index (χ0v) is 21.0. The van der Waals surface area contributed by atoms with Gasteiger partial charge in [-0.2, -0.15) is 0 Å².